The quantitative estimate of drug-likeness (QED) is 0.204. The second-order valence-electron chi connectivity index (χ2n) is 8.23. The first kappa shape index (κ1) is 25.1. The average Bonchev–Trinajstić information content (AvgIpc) is 3.08. The van der Waals surface area contributed by atoms with Gasteiger partial charge in [-0.1, -0.05) is 32.8 Å². The number of phenolic OH excluding ortho intramolecular Hbond substituents is 1. The maximum Gasteiger partial charge on any atom is 0.295 e. The molecule has 1 aliphatic rings. The lowest BCUT2D eigenvalue weighted by molar-refractivity contribution is -0.139. The summed E-state index contributed by atoms with van der Waals surface area (Å²) in [6.07, 6.45) is 3.82. The number of carbonyl (C=O) groups is 2. The zero-order valence-electron chi connectivity index (χ0n) is 20.0. The fourth-order valence-corrected chi connectivity index (χ4v) is 4.08. The van der Waals surface area contributed by atoms with E-state index in [0.717, 1.165) is 19.3 Å². The molecule has 0 aliphatic carbocycles. The van der Waals surface area contributed by atoms with Crippen molar-refractivity contribution in [3.05, 3.63) is 59.2 Å². The molecule has 34 heavy (non-hydrogen) atoms. The summed E-state index contributed by atoms with van der Waals surface area (Å²) in [6.45, 7) is 7.15. The minimum absolute atomic E-state index is 0.0169. The van der Waals surface area contributed by atoms with Crippen molar-refractivity contribution >= 4 is 17.4 Å². The summed E-state index contributed by atoms with van der Waals surface area (Å²) in [4.78, 5) is 27.3. The van der Waals surface area contributed by atoms with Crippen LogP contribution in [0.2, 0.25) is 0 Å². The zero-order chi connectivity index (χ0) is 24.7. The number of ether oxygens (including phenoxy) is 2. The molecule has 0 saturated carbocycles. The normalized spacial score (nSPS) is 17.3. The van der Waals surface area contributed by atoms with Crippen molar-refractivity contribution in [1.82, 2.24) is 4.90 Å². The van der Waals surface area contributed by atoms with E-state index in [4.69, 9.17) is 9.47 Å². The van der Waals surface area contributed by atoms with E-state index >= 15 is 0 Å². The summed E-state index contributed by atoms with van der Waals surface area (Å²) in [7, 11) is 0. The number of aromatic hydroxyl groups is 1. The highest BCUT2D eigenvalue weighted by Crippen LogP contribution is 2.42. The number of Topliss-reactive ketones (excluding diaryl/α,β-unsaturated/α-hetero) is 1. The van der Waals surface area contributed by atoms with Gasteiger partial charge < -0.3 is 24.6 Å². The third-order valence-electron chi connectivity index (χ3n) is 5.75. The highest BCUT2D eigenvalue weighted by molar-refractivity contribution is 6.46. The van der Waals surface area contributed by atoms with E-state index < -0.39 is 17.7 Å². The Morgan fingerprint density at radius 3 is 2.35 bits per heavy atom. The van der Waals surface area contributed by atoms with E-state index in [1.54, 1.807) is 43.3 Å². The third-order valence-corrected chi connectivity index (χ3v) is 5.75. The van der Waals surface area contributed by atoms with Gasteiger partial charge in [0.2, 0.25) is 0 Å². The standard InChI is InChI=1S/C27H33NO6/c1-4-7-8-16-34-20-12-9-18(10-13-20)25(30)23-24(28(15-5-2)27(32)26(23)31)19-11-14-21(29)22(17-19)33-6-3/h9-14,17,24,29-30H,4-8,15-16H2,1-3H3/b25-23-. The largest absolute Gasteiger partial charge is 0.507 e. The first-order valence-corrected chi connectivity index (χ1v) is 11.9. The molecule has 0 radical (unpaired) electrons. The molecule has 1 aliphatic heterocycles. The number of nitrogens with zero attached hydrogens (tertiary/aromatic N) is 1. The fourth-order valence-electron chi connectivity index (χ4n) is 4.08. The van der Waals surface area contributed by atoms with Gasteiger partial charge in [-0.2, -0.15) is 0 Å². The Labute approximate surface area is 200 Å². The number of carbonyl (C=O) groups excluding carboxylic acids is 2. The van der Waals surface area contributed by atoms with Crippen LogP contribution in [0, 0.1) is 0 Å². The van der Waals surface area contributed by atoms with E-state index in [1.165, 1.54) is 11.0 Å². The summed E-state index contributed by atoms with van der Waals surface area (Å²) in [6, 6.07) is 10.8. The van der Waals surface area contributed by atoms with E-state index in [1.807, 2.05) is 6.92 Å². The summed E-state index contributed by atoms with van der Waals surface area (Å²) in [5.41, 5.74) is 1.01. The van der Waals surface area contributed by atoms with Crippen LogP contribution < -0.4 is 9.47 Å². The van der Waals surface area contributed by atoms with Crippen LogP contribution in [-0.4, -0.2) is 46.6 Å². The predicted octanol–water partition coefficient (Wildman–Crippen LogP) is 5.19. The highest BCUT2D eigenvalue weighted by atomic mass is 16.5. The Bertz CT molecular complexity index is 1040. The molecule has 1 atom stereocenters. The molecule has 0 bridgehead atoms. The van der Waals surface area contributed by atoms with Gasteiger partial charge in [-0.15, -0.1) is 0 Å². The number of ketones is 1. The summed E-state index contributed by atoms with van der Waals surface area (Å²) < 4.78 is 11.2. The second-order valence-corrected chi connectivity index (χ2v) is 8.23. The SMILES string of the molecule is CCCCCOc1ccc(/C(O)=C2/C(=O)C(=O)N(CCC)C2c2ccc(O)c(OCC)c2)cc1. The minimum Gasteiger partial charge on any atom is -0.507 e. The first-order chi connectivity index (χ1) is 16.4. The number of unbranched alkanes of at least 4 members (excludes halogenated alkanes) is 2. The number of hydrogen-bond donors (Lipinski definition) is 2. The van der Waals surface area contributed by atoms with Crippen molar-refractivity contribution in [1.29, 1.82) is 0 Å². The van der Waals surface area contributed by atoms with Crippen molar-refractivity contribution in [3.63, 3.8) is 0 Å². The fraction of sp³-hybridized carbons (Fsp3) is 0.407. The number of likely N-dealkylation sites (tertiary alicyclic amines) is 1. The zero-order valence-corrected chi connectivity index (χ0v) is 20.0. The van der Waals surface area contributed by atoms with Gasteiger partial charge in [0.15, 0.2) is 11.5 Å². The number of benzene rings is 2. The lowest BCUT2D eigenvalue weighted by Gasteiger charge is -2.25. The molecule has 1 fully saturated rings. The van der Waals surface area contributed by atoms with Crippen LogP contribution in [0.5, 0.6) is 17.2 Å². The van der Waals surface area contributed by atoms with E-state index in [0.29, 0.717) is 43.1 Å². The van der Waals surface area contributed by atoms with Crippen molar-refractivity contribution in [3.8, 4) is 17.2 Å². The topological polar surface area (TPSA) is 96.3 Å². The predicted molar refractivity (Wildman–Crippen MR) is 130 cm³/mol. The van der Waals surface area contributed by atoms with Gasteiger partial charge in [0, 0.05) is 12.1 Å². The highest BCUT2D eigenvalue weighted by Gasteiger charge is 2.45. The molecule has 7 heteroatoms. The lowest BCUT2D eigenvalue weighted by Crippen LogP contribution is -2.30. The maximum atomic E-state index is 13.0. The Balaban J connectivity index is 2.00. The molecule has 182 valence electrons. The van der Waals surface area contributed by atoms with Gasteiger partial charge >= 0.3 is 0 Å². The van der Waals surface area contributed by atoms with E-state index in [2.05, 4.69) is 6.92 Å². The molecule has 1 unspecified atom stereocenters. The summed E-state index contributed by atoms with van der Waals surface area (Å²) in [5.74, 6) is -0.738. The molecule has 0 spiro atoms. The number of aliphatic hydroxyl groups is 1. The monoisotopic (exact) mass is 467 g/mol. The van der Waals surface area contributed by atoms with Gasteiger partial charge in [0.1, 0.15) is 11.5 Å². The number of hydrogen-bond acceptors (Lipinski definition) is 6. The van der Waals surface area contributed by atoms with Gasteiger partial charge in [0.05, 0.1) is 24.8 Å². The van der Waals surface area contributed by atoms with Crippen LogP contribution in [-0.2, 0) is 9.59 Å². The third kappa shape index (κ3) is 5.35. The molecule has 1 heterocycles. The molecule has 7 nitrogen and oxygen atoms in total. The van der Waals surface area contributed by atoms with Gasteiger partial charge in [-0.05, 0) is 61.7 Å². The smallest absolute Gasteiger partial charge is 0.295 e. The molecule has 3 rings (SSSR count). The maximum absolute atomic E-state index is 13.0. The van der Waals surface area contributed by atoms with Crippen LogP contribution in [0.4, 0.5) is 0 Å². The van der Waals surface area contributed by atoms with E-state index in [-0.39, 0.29) is 22.8 Å². The van der Waals surface area contributed by atoms with E-state index in [9.17, 15) is 19.8 Å². The molecule has 2 N–H and O–H groups in total. The van der Waals surface area contributed by atoms with Crippen molar-refractivity contribution in [2.75, 3.05) is 19.8 Å². The molecule has 0 aromatic heterocycles. The van der Waals surface area contributed by atoms with Crippen LogP contribution in [0.3, 0.4) is 0 Å². The number of rotatable bonds is 11. The molecule has 1 saturated heterocycles. The second kappa shape index (κ2) is 11.6. The van der Waals surface area contributed by atoms with Gasteiger partial charge in [-0.3, -0.25) is 9.59 Å². The van der Waals surface area contributed by atoms with Crippen LogP contribution >= 0.6 is 0 Å². The number of amides is 1. The van der Waals surface area contributed by atoms with Crippen LogP contribution in [0.15, 0.2) is 48.0 Å². The molecular weight excluding hydrogens is 434 g/mol. The minimum atomic E-state index is -0.787. The van der Waals surface area contributed by atoms with Gasteiger partial charge in [-0.25, -0.2) is 0 Å². The van der Waals surface area contributed by atoms with Crippen molar-refractivity contribution in [2.24, 2.45) is 0 Å². The first-order valence-electron chi connectivity index (χ1n) is 11.9. The number of phenols is 1. The Morgan fingerprint density at radius 2 is 1.71 bits per heavy atom. The van der Waals surface area contributed by atoms with Crippen LogP contribution in [0.25, 0.3) is 5.76 Å². The molecular formula is C27H33NO6. The van der Waals surface area contributed by atoms with Gasteiger partial charge in [0.25, 0.3) is 11.7 Å². The number of aliphatic hydroxyl groups excluding tert-OH is 1. The lowest BCUT2D eigenvalue weighted by atomic mass is 9.95. The Kier molecular flexibility index (Phi) is 8.57. The Hall–Kier alpha value is -3.48. The average molecular weight is 468 g/mol. The molecule has 1 amide bonds. The van der Waals surface area contributed by atoms with Crippen molar-refractivity contribution in [2.45, 2.75) is 52.5 Å². The molecule has 2 aromatic rings. The summed E-state index contributed by atoms with van der Waals surface area (Å²) >= 11 is 0. The Morgan fingerprint density at radius 1 is 0.971 bits per heavy atom. The van der Waals surface area contributed by atoms with Crippen molar-refractivity contribution < 1.29 is 29.3 Å². The molecule has 2 aromatic carbocycles. The summed E-state index contributed by atoms with van der Waals surface area (Å²) in [5, 5.41) is 21.3. The van der Waals surface area contributed by atoms with Crippen LogP contribution in [0.1, 0.15) is 63.6 Å².